The monoisotopic (exact) mass is 230 g/mol. The minimum absolute atomic E-state index is 0.210. The molecule has 0 saturated carbocycles. The maximum absolute atomic E-state index is 11.5. The number of carbonyl (C=O) groups excluding carboxylic acids is 1. The van der Waals surface area contributed by atoms with E-state index < -0.39 is 0 Å². The molecule has 0 fully saturated rings. The standard InChI is InChI=1S/C15H18O2/c1-5-12-7-9-13(10-8-12)14(6-2)17-15(16)11(3)4/h5,7-10,14H,1,3,6H2,2,4H3. The van der Waals surface area contributed by atoms with E-state index in [-0.39, 0.29) is 12.1 Å². The van der Waals surface area contributed by atoms with Crippen LogP contribution in [0.1, 0.15) is 37.5 Å². The summed E-state index contributed by atoms with van der Waals surface area (Å²) in [4.78, 5) is 11.5. The van der Waals surface area contributed by atoms with Gasteiger partial charge in [0.2, 0.25) is 0 Å². The number of rotatable bonds is 5. The maximum atomic E-state index is 11.5. The van der Waals surface area contributed by atoms with Gasteiger partial charge in [-0.2, -0.15) is 0 Å². The first-order valence-electron chi connectivity index (χ1n) is 5.67. The fourth-order valence-electron chi connectivity index (χ4n) is 1.46. The number of benzene rings is 1. The highest BCUT2D eigenvalue weighted by atomic mass is 16.5. The van der Waals surface area contributed by atoms with Crippen LogP contribution in [0.5, 0.6) is 0 Å². The van der Waals surface area contributed by atoms with Crippen LogP contribution in [0.2, 0.25) is 0 Å². The van der Waals surface area contributed by atoms with E-state index in [4.69, 9.17) is 4.74 Å². The SMILES string of the molecule is C=Cc1ccc(C(CC)OC(=O)C(=C)C)cc1. The van der Waals surface area contributed by atoms with Crippen LogP contribution in [0.25, 0.3) is 6.08 Å². The van der Waals surface area contributed by atoms with E-state index in [9.17, 15) is 4.79 Å². The minimum atomic E-state index is -0.343. The van der Waals surface area contributed by atoms with Crippen molar-refractivity contribution >= 4 is 12.0 Å². The van der Waals surface area contributed by atoms with Crippen LogP contribution < -0.4 is 0 Å². The normalized spacial score (nSPS) is 11.6. The molecule has 0 N–H and O–H groups in total. The van der Waals surface area contributed by atoms with E-state index in [1.165, 1.54) is 0 Å². The average molecular weight is 230 g/mol. The van der Waals surface area contributed by atoms with E-state index in [2.05, 4.69) is 13.2 Å². The van der Waals surface area contributed by atoms with E-state index in [0.717, 1.165) is 17.5 Å². The second-order valence-corrected chi connectivity index (χ2v) is 3.95. The molecule has 1 rings (SSSR count). The summed E-state index contributed by atoms with van der Waals surface area (Å²) < 4.78 is 5.36. The fourth-order valence-corrected chi connectivity index (χ4v) is 1.46. The van der Waals surface area contributed by atoms with Gasteiger partial charge in [-0.05, 0) is 24.5 Å². The van der Waals surface area contributed by atoms with Gasteiger partial charge in [-0.15, -0.1) is 0 Å². The summed E-state index contributed by atoms with van der Waals surface area (Å²) in [5.74, 6) is -0.343. The van der Waals surface area contributed by atoms with Crippen molar-refractivity contribution in [3.63, 3.8) is 0 Å². The van der Waals surface area contributed by atoms with Gasteiger partial charge in [0, 0.05) is 5.57 Å². The molecule has 0 aromatic heterocycles. The molecule has 1 unspecified atom stereocenters. The lowest BCUT2D eigenvalue weighted by Gasteiger charge is -2.16. The molecule has 1 aromatic rings. The van der Waals surface area contributed by atoms with E-state index in [0.29, 0.717) is 5.57 Å². The van der Waals surface area contributed by atoms with Gasteiger partial charge in [-0.25, -0.2) is 4.79 Å². The first kappa shape index (κ1) is 13.2. The fraction of sp³-hybridized carbons (Fsp3) is 0.267. The van der Waals surface area contributed by atoms with Crippen LogP contribution >= 0.6 is 0 Å². The van der Waals surface area contributed by atoms with Crippen molar-refractivity contribution in [3.05, 3.63) is 54.1 Å². The molecular weight excluding hydrogens is 212 g/mol. The Labute approximate surface area is 103 Å². The van der Waals surface area contributed by atoms with Gasteiger partial charge in [0.05, 0.1) is 0 Å². The topological polar surface area (TPSA) is 26.3 Å². The van der Waals surface area contributed by atoms with Crippen molar-refractivity contribution in [2.45, 2.75) is 26.4 Å². The molecule has 0 radical (unpaired) electrons. The first-order chi connectivity index (χ1) is 8.08. The predicted octanol–water partition coefficient (Wildman–Crippen LogP) is 3.90. The molecule has 0 aliphatic heterocycles. The summed E-state index contributed by atoms with van der Waals surface area (Å²) in [6.45, 7) is 10.9. The summed E-state index contributed by atoms with van der Waals surface area (Å²) in [6.07, 6.45) is 2.31. The van der Waals surface area contributed by atoms with Crippen LogP contribution in [0, 0.1) is 0 Å². The molecule has 90 valence electrons. The van der Waals surface area contributed by atoms with Crippen molar-refractivity contribution in [3.8, 4) is 0 Å². The zero-order valence-electron chi connectivity index (χ0n) is 10.4. The van der Waals surface area contributed by atoms with Gasteiger partial charge >= 0.3 is 5.97 Å². The third kappa shape index (κ3) is 3.59. The number of esters is 1. The van der Waals surface area contributed by atoms with Crippen molar-refractivity contribution in [2.75, 3.05) is 0 Å². The Kier molecular flexibility index (Phi) is 4.70. The van der Waals surface area contributed by atoms with Gasteiger partial charge in [-0.1, -0.05) is 50.4 Å². The van der Waals surface area contributed by atoms with Crippen LogP contribution in [-0.2, 0) is 9.53 Å². The Morgan fingerprint density at radius 1 is 1.41 bits per heavy atom. The Bertz CT molecular complexity index is 415. The van der Waals surface area contributed by atoms with Crippen LogP contribution in [0.15, 0.2) is 43.0 Å². The predicted molar refractivity (Wildman–Crippen MR) is 70.5 cm³/mol. The Balaban J connectivity index is 2.82. The van der Waals surface area contributed by atoms with Crippen LogP contribution in [0.4, 0.5) is 0 Å². The van der Waals surface area contributed by atoms with Crippen molar-refractivity contribution in [1.29, 1.82) is 0 Å². The third-order valence-electron chi connectivity index (χ3n) is 2.51. The lowest BCUT2D eigenvalue weighted by atomic mass is 10.0. The summed E-state index contributed by atoms with van der Waals surface area (Å²) in [6, 6.07) is 7.83. The highest BCUT2D eigenvalue weighted by molar-refractivity contribution is 5.87. The zero-order chi connectivity index (χ0) is 12.8. The molecule has 17 heavy (non-hydrogen) atoms. The molecule has 2 nitrogen and oxygen atoms in total. The highest BCUT2D eigenvalue weighted by Crippen LogP contribution is 2.22. The van der Waals surface area contributed by atoms with Crippen LogP contribution in [-0.4, -0.2) is 5.97 Å². The number of hydrogen-bond acceptors (Lipinski definition) is 2. The molecule has 0 heterocycles. The Morgan fingerprint density at radius 3 is 2.41 bits per heavy atom. The second kappa shape index (κ2) is 6.04. The summed E-state index contributed by atoms with van der Waals surface area (Å²) >= 11 is 0. The summed E-state index contributed by atoms with van der Waals surface area (Å²) in [5, 5.41) is 0. The highest BCUT2D eigenvalue weighted by Gasteiger charge is 2.14. The zero-order valence-corrected chi connectivity index (χ0v) is 10.4. The number of ether oxygens (including phenoxy) is 1. The lowest BCUT2D eigenvalue weighted by molar-refractivity contribution is -0.144. The second-order valence-electron chi connectivity index (χ2n) is 3.95. The molecular formula is C15H18O2. The molecule has 1 atom stereocenters. The van der Waals surface area contributed by atoms with E-state index in [1.807, 2.05) is 31.2 Å². The Hall–Kier alpha value is -1.83. The van der Waals surface area contributed by atoms with Crippen molar-refractivity contribution < 1.29 is 9.53 Å². The van der Waals surface area contributed by atoms with Gasteiger partial charge < -0.3 is 4.74 Å². The molecule has 1 aromatic carbocycles. The molecule has 0 spiro atoms. The van der Waals surface area contributed by atoms with E-state index >= 15 is 0 Å². The molecule has 0 bridgehead atoms. The Morgan fingerprint density at radius 2 is 2.00 bits per heavy atom. The van der Waals surface area contributed by atoms with Crippen molar-refractivity contribution in [1.82, 2.24) is 0 Å². The molecule has 2 heteroatoms. The van der Waals surface area contributed by atoms with Crippen LogP contribution in [0.3, 0.4) is 0 Å². The number of hydrogen-bond donors (Lipinski definition) is 0. The molecule has 0 saturated heterocycles. The summed E-state index contributed by atoms with van der Waals surface area (Å²) in [5.41, 5.74) is 2.47. The third-order valence-corrected chi connectivity index (χ3v) is 2.51. The number of carbonyl (C=O) groups is 1. The molecule has 0 aliphatic carbocycles. The van der Waals surface area contributed by atoms with E-state index in [1.54, 1.807) is 13.0 Å². The summed E-state index contributed by atoms with van der Waals surface area (Å²) in [7, 11) is 0. The smallest absolute Gasteiger partial charge is 0.333 e. The van der Waals surface area contributed by atoms with Gasteiger partial charge in [0.25, 0.3) is 0 Å². The van der Waals surface area contributed by atoms with Gasteiger partial charge in [0.1, 0.15) is 6.10 Å². The average Bonchev–Trinajstić information content (AvgIpc) is 2.35. The minimum Gasteiger partial charge on any atom is -0.454 e. The molecule has 0 aliphatic rings. The van der Waals surface area contributed by atoms with Crippen molar-refractivity contribution in [2.24, 2.45) is 0 Å². The maximum Gasteiger partial charge on any atom is 0.333 e. The first-order valence-corrected chi connectivity index (χ1v) is 5.67. The quantitative estimate of drug-likeness (QED) is 0.566. The van der Waals surface area contributed by atoms with Gasteiger partial charge in [0.15, 0.2) is 0 Å². The lowest BCUT2D eigenvalue weighted by Crippen LogP contribution is -2.11. The molecule has 0 amide bonds. The largest absolute Gasteiger partial charge is 0.454 e. The van der Waals surface area contributed by atoms with Gasteiger partial charge in [-0.3, -0.25) is 0 Å².